The topological polar surface area (TPSA) is 121 Å². The molecule has 7 rings (SSSR count). The van der Waals surface area contributed by atoms with E-state index >= 15 is 0 Å². The van der Waals surface area contributed by atoms with Gasteiger partial charge in [0.15, 0.2) is 0 Å². The Hall–Kier alpha value is -6.00. The van der Waals surface area contributed by atoms with Gasteiger partial charge in [0, 0.05) is 45.5 Å². The van der Waals surface area contributed by atoms with Crippen molar-refractivity contribution < 1.29 is 28.7 Å². The van der Waals surface area contributed by atoms with Crippen molar-refractivity contribution in [3.8, 4) is 23.0 Å². The molecular formula is C36H24ClN3O7. The largest absolute Gasteiger partial charge is 0.494 e. The average molecular weight is 646 g/mol. The maximum atomic E-state index is 14.2. The highest BCUT2D eigenvalue weighted by Crippen LogP contribution is 2.58. The van der Waals surface area contributed by atoms with E-state index in [1.165, 1.54) is 35.3 Å². The molecule has 1 atom stereocenters. The highest BCUT2D eigenvalue weighted by molar-refractivity contribution is 6.30. The van der Waals surface area contributed by atoms with E-state index in [1.807, 2.05) is 31.2 Å². The van der Waals surface area contributed by atoms with E-state index in [9.17, 15) is 19.7 Å². The lowest BCUT2D eigenvalue weighted by Crippen LogP contribution is -2.44. The van der Waals surface area contributed by atoms with E-state index in [1.54, 1.807) is 60.8 Å². The van der Waals surface area contributed by atoms with Crippen LogP contribution in [0.2, 0.25) is 5.02 Å². The third kappa shape index (κ3) is 4.95. The van der Waals surface area contributed by atoms with Crippen molar-refractivity contribution in [2.75, 3.05) is 6.61 Å². The molecule has 5 aromatic rings. The fourth-order valence-corrected chi connectivity index (χ4v) is 6.15. The standard InChI is InChI=1S/C36H24ClN3O7/c1-2-45-24-15-17-29-32(19-24)47-33-20-25(46-35(42)27-8-4-6-10-31(27)40(43)44)16-18-30(33)36(29)28-9-5-3-7-26(28)34(41)39(36)38-21-22-11-13-23(37)14-12-22/h3-21H,2H2,1H3/b38-21+. The van der Waals surface area contributed by atoms with Gasteiger partial charge in [-0.25, -0.2) is 9.80 Å². The predicted molar refractivity (Wildman–Crippen MR) is 174 cm³/mol. The molecule has 0 radical (unpaired) electrons. The molecule has 2 aliphatic heterocycles. The summed E-state index contributed by atoms with van der Waals surface area (Å²) in [6, 6.07) is 30.1. The fourth-order valence-electron chi connectivity index (χ4n) is 6.02. The van der Waals surface area contributed by atoms with E-state index in [0.717, 1.165) is 5.56 Å². The van der Waals surface area contributed by atoms with Crippen molar-refractivity contribution in [3.63, 3.8) is 0 Å². The van der Waals surface area contributed by atoms with Gasteiger partial charge in [-0.2, -0.15) is 5.10 Å². The molecular weight excluding hydrogens is 622 g/mol. The molecule has 5 aromatic carbocycles. The number of halogens is 1. The van der Waals surface area contributed by atoms with Crippen LogP contribution in [0.15, 0.2) is 114 Å². The van der Waals surface area contributed by atoms with Gasteiger partial charge in [-0.3, -0.25) is 14.9 Å². The number of ether oxygens (including phenoxy) is 3. The molecule has 47 heavy (non-hydrogen) atoms. The van der Waals surface area contributed by atoms with Crippen molar-refractivity contribution in [2.24, 2.45) is 5.10 Å². The number of nitro benzene ring substituents is 1. The third-order valence-corrected chi connectivity index (χ3v) is 8.25. The van der Waals surface area contributed by atoms with Crippen LogP contribution in [0.25, 0.3) is 0 Å². The molecule has 2 heterocycles. The normalized spacial score (nSPS) is 16.0. The minimum absolute atomic E-state index is 0.0836. The number of carbonyl (C=O) groups is 2. The predicted octanol–water partition coefficient (Wildman–Crippen LogP) is 7.75. The minimum atomic E-state index is -1.29. The Balaban J connectivity index is 1.40. The smallest absolute Gasteiger partial charge is 0.350 e. The summed E-state index contributed by atoms with van der Waals surface area (Å²) in [5.41, 5.74) is 1.21. The molecule has 11 heteroatoms. The molecule has 0 saturated carbocycles. The molecule has 0 saturated heterocycles. The van der Waals surface area contributed by atoms with Crippen molar-refractivity contribution in [1.82, 2.24) is 5.01 Å². The second kappa shape index (κ2) is 11.7. The molecule has 0 N–H and O–H groups in total. The summed E-state index contributed by atoms with van der Waals surface area (Å²) in [6.45, 7) is 2.29. The van der Waals surface area contributed by atoms with E-state index in [4.69, 9.17) is 30.9 Å². The molecule has 0 aliphatic carbocycles. The number of rotatable bonds is 7. The third-order valence-electron chi connectivity index (χ3n) is 8.00. The molecule has 10 nitrogen and oxygen atoms in total. The lowest BCUT2D eigenvalue weighted by Gasteiger charge is -2.41. The summed E-state index contributed by atoms with van der Waals surface area (Å²) in [7, 11) is 0. The van der Waals surface area contributed by atoms with Gasteiger partial charge >= 0.3 is 5.97 Å². The molecule has 2 aliphatic rings. The van der Waals surface area contributed by atoms with Gasteiger partial charge in [-0.15, -0.1) is 0 Å². The zero-order valence-electron chi connectivity index (χ0n) is 24.8. The first-order valence-corrected chi connectivity index (χ1v) is 15.0. The number of hydrazone groups is 1. The summed E-state index contributed by atoms with van der Waals surface area (Å²) in [6.07, 6.45) is 1.59. The maximum absolute atomic E-state index is 14.2. The van der Waals surface area contributed by atoms with Gasteiger partial charge in [0.2, 0.25) is 0 Å². The SMILES string of the molecule is CCOc1ccc2c(c1)Oc1cc(OC(=O)c3ccccc3[N+](=O)[O-])ccc1C21c2ccccc2C(=O)N1/N=C/c1ccc(Cl)cc1. The second-order valence-electron chi connectivity index (χ2n) is 10.7. The lowest BCUT2D eigenvalue weighted by molar-refractivity contribution is -0.385. The Morgan fingerprint density at radius 2 is 1.57 bits per heavy atom. The number of esters is 1. The number of nitrogens with zero attached hydrogens (tertiary/aromatic N) is 3. The summed E-state index contributed by atoms with van der Waals surface area (Å²) in [5, 5.41) is 18.3. The zero-order valence-corrected chi connectivity index (χ0v) is 25.5. The average Bonchev–Trinajstić information content (AvgIpc) is 3.32. The van der Waals surface area contributed by atoms with Gasteiger partial charge in [0.25, 0.3) is 11.6 Å². The maximum Gasteiger partial charge on any atom is 0.350 e. The second-order valence-corrected chi connectivity index (χ2v) is 11.1. The first-order chi connectivity index (χ1) is 22.8. The number of hydrogen-bond donors (Lipinski definition) is 0. The van der Waals surface area contributed by atoms with Crippen molar-refractivity contribution in [3.05, 3.63) is 158 Å². The van der Waals surface area contributed by atoms with Crippen LogP contribution in [0.3, 0.4) is 0 Å². The number of para-hydroxylation sites is 1. The molecule has 1 unspecified atom stereocenters. The quantitative estimate of drug-likeness (QED) is 0.0583. The Kier molecular flexibility index (Phi) is 7.42. The van der Waals surface area contributed by atoms with Crippen LogP contribution in [0, 0.1) is 10.1 Å². The molecule has 232 valence electrons. The van der Waals surface area contributed by atoms with Crippen LogP contribution in [0.5, 0.6) is 23.0 Å². The Labute approximate surface area is 273 Å². The summed E-state index contributed by atoms with van der Waals surface area (Å²) >= 11 is 6.09. The summed E-state index contributed by atoms with van der Waals surface area (Å²) in [5.74, 6) is 0.0951. The van der Waals surface area contributed by atoms with Gasteiger partial charge in [0.1, 0.15) is 34.1 Å². The first kappa shape index (κ1) is 29.7. The van der Waals surface area contributed by atoms with E-state index in [0.29, 0.717) is 45.4 Å². The summed E-state index contributed by atoms with van der Waals surface area (Å²) < 4.78 is 17.8. The van der Waals surface area contributed by atoms with Crippen LogP contribution in [0.4, 0.5) is 5.69 Å². The highest BCUT2D eigenvalue weighted by atomic mass is 35.5. The number of amides is 1. The number of fused-ring (bicyclic) bond motifs is 6. The zero-order chi connectivity index (χ0) is 32.7. The van der Waals surface area contributed by atoms with E-state index < -0.39 is 16.4 Å². The molecule has 0 aromatic heterocycles. The van der Waals surface area contributed by atoms with E-state index in [-0.39, 0.29) is 28.7 Å². The fraction of sp³-hybridized carbons (Fsp3) is 0.0833. The van der Waals surface area contributed by atoms with Crippen molar-refractivity contribution in [1.29, 1.82) is 0 Å². The number of carbonyl (C=O) groups excluding carboxylic acids is 2. The monoisotopic (exact) mass is 645 g/mol. The van der Waals surface area contributed by atoms with Crippen LogP contribution < -0.4 is 14.2 Å². The Morgan fingerprint density at radius 1 is 0.915 bits per heavy atom. The number of hydrogen-bond acceptors (Lipinski definition) is 8. The number of benzene rings is 5. The van der Waals surface area contributed by atoms with Gasteiger partial charge < -0.3 is 14.2 Å². The number of nitro groups is 1. The molecule has 0 fully saturated rings. The van der Waals surface area contributed by atoms with E-state index in [2.05, 4.69) is 0 Å². The highest BCUT2D eigenvalue weighted by Gasteiger charge is 2.57. The van der Waals surface area contributed by atoms with Gasteiger partial charge in [0.05, 0.1) is 17.7 Å². The van der Waals surface area contributed by atoms with Gasteiger partial charge in [-0.05, 0) is 61.0 Å². The Morgan fingerprint density at radius 3 is 2.30 bits per heavy atom. The van der Waals surface area contributed by atoms with Crippen LogP contribution >= 0.6 is 11.6 Å². The molecule has 1 amide bonds. The molecule has 0 bridgehead atoms. The Bertz CT molecular complexity index is 2110. The van der Waals surface area contributed by atoms with Crippen LogP contribution in [-0.2, 0) is 5.54 Å². The molecule has 1 spiro atoms. The van der Waals surface area contributed by atoms with Crippen LogP contribution in [-0.4, -0.2) is 34.6 Å². The van der Waals surface area contributed by atoms with Crippen molar-refractivity contribution >= 4 is 35.4 Å². The summed E-state index contributed by atoms with van der Waals surface area (Å²) in [4.78, 5) is 38.2. The lowest BCUT2D eigenvalue weighted by atomic mass is 9.75. The minimum Gasteiger partial charge on any atom is -0.494 e. The van der Waals surface area contributed by atoms with Gasteiger partial charge in [-0.1, -0.05) is 54.1 Å². The first-order valence-electron chi connectivity index (χ1n) is 14.6. The van der Waals surface area contributed by atoms with Crippen LogP contribution in [0.1, 0.15) is 49.9 Å². The van der Waals surface area contributed by atoms with Crippen molar-refractivity contribution in [2.45, 2.75) is 12.5 Å².